The number of anilines is 2. The molecule has 0 spiro atoms. The molecule has 3 aromatic carbocycles. The fraction of sp³-hybridized carbons (Fsp3) is 0.133. The summed E-state index contributed by atoms with van der Waals surface area (Å²) in [7, 11) is 0. The number of ether oxygens (including phenoxy) is 1. The Morgan fingerprint density at radius 3 is 2.37 bits per heavy atom. The van der Waals surface area contributed by atoms with Crippen molar-refractivity contribution in [2.24, 2.45) is 0 Å². The van der Waals surface area contributed by atoms with Crippen molar-refractivity contribution in [2.75, 3.05) is 17.2 Å². The van der Waals surface area contributed by atoms with Gasteiger partial charge in [0, 0.05) is 16.0 Å². The lowest BCUT2D eigenvalue weighted by molar-refractivity contribution is -0.142. The second-order valence-electron chi connectivity index (χ2n) is 8.88. The second kappa shape index (κ2) is 14.2. The van der Waals surface area contributed by atoms with Gasteiger partial charge < -0.3 is 25.6 Å². The first kappa shape index (κ1) is 30.9. The summed E-state index contributed by atoms with van der Waals surface area (Å²) in [5, 5.41) is 25.4. The lowest BCUT2D eigenvalue weighted by Crippen LogP contribution is -2.19. The third-order valence-corrected chi connectivity index (χ3v) is 7.90. The molecule has 1 unspecified atom stereocenters. The number of carbonyl (C=O) groups excluding carboxylic acids is 3. The van der Waals surface area contributed by atoms with Crippen LogP contribution in [-0.2, 0) is 20.7 Å². The number of carbonyl (C=O) groups is 5. The smallest absolute Gasteiger partial charge is 0.336 e. The number of benzene rings is 3. The van der Waals surface area contributed by atoms with E-state index in [-0.39, 0.29) is 30.1 Å². The summed E-state index contributed by atoms with van der Waals surface area (Å²) >= 11 is 2.41. The fourth-order valence-corrected chi connectivity index (χ4v) is 5.71. The minimum atomic E-state index is -1.44. The van der Waals surface area contributed by atoms with Gasteiger partial charge >= 0.3 is 17.9 Å². The van der Waals surface area contributed by atoms with E-state index in [1.54, 1.807) is 36.6 Å². The maximum absolute atomic E-state index is 13.5. The molecule has 13 heteroatoms. The maximum Gasteiger partial charge on any atom is 0.336 e. The molecule has 1 atom stereocenters. The molecule has 2 amide bonds. The van der Waals surface area contributed by atoms with Crippen LogP contribution in [0.1, 0.15) is 54.5 Å². The van der Waals surface area contributed by atoms with Crippen molar-refractivity contribution >= 4 is 63.6 Å². The molecule has 0 bridgehead atoms. The van der Waals surface area contributed by atoms with E-state index in [4.69, 9.17) is 9.84 Å². The van der Waals surface area contributed by atoms with E-state index in [1.165, 1.54) is 23.1 Å². The number of nitrogens with zero attached hydrogens (tertiary/aromatic N) is 1. The number of amides is 2. The molecule has 4 rings (SSSR count). The molecule has 4 N–H and O–H groups in total. The Bertz CT molecular complexity index is 1670. The van der Waals surface area contributed by atoms with E-state index in [0.29, 0.717) is 27.0 Å². The van der Waals surface area contributed by atoms with Crippen molar-refractivity contribution in [2.45, 2.75) is 23.5 Å². The number of carboxylic acids is 2. The van der Waals surface area contributed by atoms with Gasteiger partial charge in [-0.05, 0) is 48.9 Å². The normalized spacial score (nSPS) is 11.3. The number of aromatic carboxylic acids is 2. The van der Waals surface area contributed by atoms with Crippen molar-refractivity contribution < 1.29 is 38.9 Å². The Hall–Kier alpha value is -5.01. The van der Waals surface area contributed by atoms with E-state index < -0.39 is 34.6 Å². The van der Waals surface area contributed by atoms with E-state index >= 15 is 0 Å². The van der Waals surface area contributed by atoms with E-state index in [0.717, 1.165) is 18.2 Å². The Morgan fingerprint density at radius 2 is 1.67 bits per heavy atom. The Morgan fingerprint density at radius 1 is 0.907 bits per heavy atom. The molecule has 1 heterocycles. The summed E-state index contributed by atoms with van der Waals surface area (Å²) in [5.74, 6) is -4.26. The molecule has 0 saturated carbocycles. The molecule has 0 radical (unpaired) electrons. The molecular formula is C30H25N3O8S2. The average Bonchev–Trinajstić information content (AvgIpc) is 3.42. The lowest BCUT2D eigenvalue weighted by Gasteiger charge is -2.17. The van der Waals surface area contributed by atoms with Crippen LogP contribution >= 0.6 is 23.1 Å². The predicted octanol–water partition coefficient (Wildman–Crippen LogP) is 5.37. The predicted molar refractivity (Wildman–Crippen MR) is 161 cm³/mol. The van der Waals surface area contributed by atoms with Crippen molar-refractivity contribution in [1.82, 2.24) is 4.98 Å². The first-order valence-corrected chi connectivity index (χ1v) is 14.5. The molecule has 0 fully saturated rings. The van der Waals surface area contributed by atoms with Crippen LogP contribution in [0, 0.1) is 0 Å². The number of thioether (sulfide) groups is 1. The number of carboxylic acid groups (broad SMARTS) is 2. The van der Waals surface area contributed by atoms with Crippen LogP contribution in [0.25, 0.3) is 0 Å². The van der Waals surface area contributed by atoms with Gasteiger partial charge in [0.05, 0.1) is 35.4 Å². The maximum atomic E-state index is 13.5. The molecule has 1 aromatic heterocycles. The van der Waals surface area contributed by atoms with Crippen molar-refractivity contribution in [3.8, 4) is 0 Å². The van der Waals surface area contributed by atoms with Crippen LogP contribution in [-0.4, -0.2) is 51.5 Å². The number of rotatable bonds is 12. The molecule has 0 aliphatic rings. The van der Waals surface area contributed by atoms with Gasteiger partial charge in [-0.3, -0.25) is 14.4 Å². The third-order valence-electron chi connectivity index (χ3n) is 5.84. The molecule has 0 aliphatic carbocycles. The molecule has 220 valence electrons. The lowest BCUT2D eigenvalue weighted by atomic mass is 10.0. The van der Waals surface area contributed by atoms with Gasteiger partial charge in [0.25, 0.3) is 5.91 Å². The molecular weight excluding hydrogens is 594 g/mol. The van der Waals surface area contributed by atoms with Gasteiger partial charge in [-0.2, -0.15) is 0 Å². The summed E-state index contributed by atoms with van der Waals surface area (Å²) in [6.45, 7) is 1.98. The SMILES string of the molecule is CCOC(=O)Cc1csc(NC(=O)C(Sc2cccc(NC(=O)c3ccc(C(=O)O)cc3C(=O)O)c2)c2ccccc2)n1. The minimum absolute atomic E-state index is 0.00670. The topological polar surface area (TPSA) is 172 Å². The number of thiazole rings is 1. The Balaban J connectivity index is 1.52. The second-order valence-corrected chi connectivity index (χ2v) is 10.9. The first-order chi connectivity index (χ1) is 20.6. The standard InChI is InChI=1S/C30H25N3O8S2/c1-2-41-24(34)15-20-16-42-30(32-20)33-27(36)25(17-7-4-3-5-8-17)43-21-10-6-9-19(14-21)31-26(35)22-12-11-18(28(37)38)13-23(22)29(39)40/h3-14,16,25H,2,15H2,1H3,(H,31,35)(H,37,38)(H,39,40)(H,32,33,36). The monoisotopic (exact) mass is 619 g/mol. The van der Waals surface area contributed by atoms with Gasteiger partial charge in [-0.15, -0.1) is 23.1 Å². The summed E-state index contributed by atoms with van der Waals surface area (Å²) in [5.41, 5.74) is 0.622. The summed E-state index contributed by atoms with van der Waals surface area (Å²) in [6.07, 6.45) is -0.00670. The van der Waals surface area contributed by atoms with Gasteiger partial charge in [-0.1, -0.05) is 36.4 Å². The zero-order valence-corrected chi connectivity index (χ0v) is 24.2. The van der Waals surface area contributed by atoms with Gasteiger partial charge in [-0.25, -0.2) is 14.6 Å². The van der Waals surface area contributed by atoms with Gasteiger partial charge in [0.1, 0.15) is 5.25 Å². The Kier molecular flexibility index (Phi) is 10.3. The van der Waals surface area contributed by atoms with Crippen LogP contribution < -0.4 is 10.6 Å². The van der Waals surface area contributed by atoms with Crippen LogP contribution in [0.3, 0.4) is 0 Å². The van der Waals surface area contributed by atoms with Crippen molar-refractivity contribution in [3.05, 3.63) is 106 Å². The van der Waals surface area contributed by atoms with E-state index in [2.05, 4.69) is 15.6 Å². The number of hydrogen-bond acceptors (Lipinski definition) is 9. The number of esters is 1. The summed E-state index contributed by atoms with van der Waals surface area (Å²) in [4.78, 5) is 66.1. The molecule has 0 saturated heterocycles. The highest BCUT2D eigenvalue weighted by atomic mass is 32.2. The number of nitrogens with one attached hydrogen (secondary N) is 2. The van der Waals surface area contributed by atoms with Crippen LogP contribution in [0.15, 0.2) is 83.1 Å². The molecule has 4 aromatic rings. The third kappa shape index (κ3) is 8.27. The van der Waals surface area contributed by atoms with Crippen LogP contribution in [0.2, 0.25) is 0 Å². The average molecular weight is 620 g/mol. The van der Waals surface area contributed by atoms with E-state index in [9.17, 15) is 29.1 Å². The van der Waals surface area contributed by atoms with Gasteiger partial charge in [0.2, 0.25) is 5.91 Å². The van der Waals surface area contributed by atoms with Crippen molar-refractivity contribution in [1.29, 1.82) is 0 Å². The quantitative estimate of drug-likeness (QED) is 0.119. The first-order valence-electron chi connectivity index (χ1n) is 12.8. The highest BCUT2D eigenvalue weighted by Crippen LogP contribution is 2.37. The largest absolute Gasteiger partial charge is 0.478 e. The fourth-order valence-electron chi connectivity index (χ4n) is 3.91. The number of hydrogen-bond donors (Lipinski definition) is 4. The van der Waals surface area contributed by atoms with Gasteiger partial charge in [0.15, 0.2) is 5.13 Å². The highest BCUT2D eigenvalue weighted by Gasteiger charge is 2.24. The zero-order valence-electron chi connectivity index (χ0n) is 22.6. The van der Waals surface area contributed by atoms with Crippen LogP contribution in [0.5, 0.6) is 0 Å². The summed E-state index contributed by atoms with van der Waals surface area (Å²) in [6, 6.07) is 19.0. The minimum Gasteiger partial charge on any atom is -0.478 e. The Labute approximate surface area is 253 Å². The van der Waals surface area contributed by atoms with E-state index in [1.807, 2.05) is 30.3 Å². The van der Waals surface area contributed by atoms with Crippen molar-refractivity contribution in [3.63, 3.8) is 0 Å². The zero-order chi connectivity index (χ0) is 30.9. The molecule has 11 nitrogen and oxygen atoms in total. The highest BCUT2D eigenvalue weighted by molar-refractivity contribution is 8.00. The molecule has 0 aliphatic heterocycles. The summed E-state index contributed by atoms with van der Waals surface area (Å²) < 4.78 is 4.95. The number of aromatic nitrogens is 1. The molecule has 43 heavy (non-hydrogen) atoms. The van der Waals surface area contributed by atoms with Crippen LogP contribution in [0.4, 0.5) is 10.8 Å².